The Morgan fingerprint density at radius 1 is 1.23 bits per heavy atom. The number of H-pyrrole nitrogens is 1. The summed E-state index contributed by atoms with van der Waals surface area (Å²) in [6.07, 6.45) is -4.63. The maximum absolute atomic E-state index is 13.2. The van der Waals surface area contributed by atoms with Crippen molar-refractivity contribution >= 4 is 23.4 Å². The van der Waals surface area contributed by atoms with E-state index in [0.717, 1.165) is 0 Å². The van der Waals surface area contributed by atoms with Gasteiger partial charge in [-0.05, 0) is 6.07 Å². The summed E-state index contributed by atoms with van der Waals surface area (Å²) < 4.78 is 31.7. The summed E-state index contributed by atoms with van der Waals surface area (Å²) in [5, 5.41) is 28.8. The number of rotatable bonds is 2. The number of nitrogens with zero attached hydrogens (tertiary/aromatic N) is 2. The van der Waals surface area contributed by atoms with Gasteiger partial charge in [-0.15, -0.1) is 0 Å². The van der Waals surface area contributed by atoms with E-state index in [1.807, 2.05) is 0 Å². The first kappa shape index (κ1) is 15.3. The molecule has 3 rings (SSSR count). The van der Waals surface area contributed by atoms with Crippen molar-refractivity contribution in [1.82, 2.24) is 15.0 Å². The first-order chi connectivity index (χ1) is 10.4. The minimum atomic E-state index is -1.37. The number of aromatic nitrogens is 3. The van der Waals surface area contributed by atoms with Gasteiger partial charge in [-0.2, -0.15) is 13.8 Å². The molecule has 1 aliphatic rings. The lowest BCUT2D eigenvalue weighted by Crippen LogP contribution is -2.32. The van der Waals surface area contributed by atoms with Crippen LogP contribution in [-0.4, -0.2) is 55.2 Å². The third kappa shape index (κ3) is 2.38. The molecule has 1 fully saturated rings. The Kier molecular flexibility index (Phi) is 3.87. The van der Waals surface area contributed by atoms with Gasteiger partial charge in [0.25, 0.3) is 11.9 Å². The standard InChI is InChI=1S/C12H11F2N3O4S/c13-9-10(14)16-11-4(15-9)1-3(12(22)17-11)8-7(20)6(19)5(2-18)21-8/h1,5-8,18-20H,2H2,(H,16,17,22)/t5-,6?,7?,8+/m1/s1. The van der Waals surface area contributed by atoms with E-state index >= 15 is 0 Å². The van der Waals surface area contributed by atoms with E-state index < -0.39 is 42.9 Å². The van der Waals surface area contributed by atoms with Crippen LogP contribution in [0.25, 0.3) is 11.2 Å². The van der Waals surface area contributed by atoms with Crippen molar-refractivity contribution in [3.05, 3.63) is 28.2 Å². The van der Waals surface area contributed by atoms with E-state index in [-0.39, 0.29) is 21.4 Å². The molecule has 4 atom stereocenters. The molecule has 2 unspecified atom stereocenters. The summed E-state index contributed by atoms with van der Waals surface area (Å²) in [6.45, 7) is -0.488. The van der Waals surface area contributed by atoms with Gasteiger partial charge in [0.1, 0.15) is 34.6 Å². The monoisotopic (exact) mass is 331 g/mol. The Morgan fingerprint density at radius 3 is 2.55 bits per heavy atom. The normalized spacial score (nSPS) is 28.4. The average molecular weight is 331 g/mol. The molecule has 10 heteroatoms. The fraction of sp³-hybridized carbons (Fsp3) is 0.417. The first-order valence-electron chi connectivity index (χ1n) is 6.30. The smallest absolute Gasteiger partial charge is 0.270 e. The van der Waals surface area contributed by atoms with Gasteiger partial charge in [-0.1, -0.05) is 12.2 Å². The molecule has 22 heavy (non-hydrogen) atoms. The maximum atomic E-state index is 13.2. The topological polar surface area (TPSA) is 111 Å². The van der Waals surface area contributed by atoms with Crippen LogP contribution in [0, 0.1) is 16.5 Å². The van der Waals surface area contributed by atoms with Gasteiger partial charge in [0.15, 0.2) is 5.65 Å². The fourth-order valence-electron chi connectivity index (χ4n) is 2.36. The number of ether oxygens (including phenoxy) is 1. The van der Waals surface area contributed by atoms with Crippen LogP contribution in [0.15, 0.2) is 6.07 Å². The Hall–Kier alpha value is -1.59. The second kappa shape index (κ2) is 5.56. The van der Waals surface area contributed by atoms with Crippen LogP contribution in [0.2, 0.25) is 0 Å². The molecule has 0 amide bonds. The molecule has 0 bridgehead atoms. The van der Waals surface area contributed by atoms with E-state index in [1.54, 1.807) is 0 Å². The van der Waals surface area contributed by atoms with E-state index in [4.69, 9.17) is 22.1 Å². The highest BCUT2D eigenvalue weighted by atomic mass is 32.1. The van der Waals surface area contributed by atoms with Crippen molar-refractivity contribution in [2.75, 3.05) is 6.61 Å². The third-order valence-corrected chi connectivity index (χ3v) is 3.81. The number of aliphatic hydroxyl groups excluding tert-OH is 3. The zero-order chi connectivity index (χ0) is 16.0. The zero-order valence-electron chi connectivity index (χ0n) is 10.9. The predicted molar refractivity (Wildman–Crippen MR) is 71.4 cm³/mol. The second-order valence-corrected chi connectivity index (χ2v) is 5.26. The summed E-state index contributed by atoms with van der Waals surface area (Å²) in [6, 6.07) is 1.30. The molecule has 0 aliphatic carbocycles. The van der Waals surface area contributed by atoms with E-state index in [2.05, 4.69) is 15.0 Å². The summed E-state index contributed by atoms with van der Waals surface area (Å²) in [4.78, 5) is 9.32. The lowest BCUT2D eigenvalue weighted by atomic mass is 10.0. The maximum Gasteiger partial charge on any atom is 0.270 e. The number of hydrogen-bond donors (Lipinski definition) is 4. The highest BCUT2D eigenvalue weighted by molar-refractivity contribution is 7.71. The molecule has 0 saturated carbocycles. The van der Waals surface area contributed by atoms with Gasteiger partial charge in [-0.3, -0.25) is 0 Å². The third-order valence-electron chi connectivity index (χ3n) is 3.48. The van der Waals surface area contributed by atoms with Gasteiger partial charge in [-0.25, -0.2) is 4.98 Å². The average Bonchev–Trinajstić information content (AvgIpc) is 2.76. The van der Waals surface area contributed by atoms with Crippen LogP contribution >= 0.6 is 12.2 Å². The minimum absolute atomic E-state index is 0.0137. The number of nitrogens with one attached hydrogen (secondary N) is 1. The van der Waals surface area contributed by atoms with Gasteiger partial charge in [0, 0.05) is 5.56 Å². The summed E-state index contributed by atoms with van der Waals surface area (Å²) in [5.74, 6) is -2.73. The SMILES string of the molecule is OC[C@H]1O[C@@H](c2cc3nc(F)c(F)nc3[nH]c2=S)C(O)C1O. The van der Waals surface area contributed by atoms with Gasteiger partial charge >= 0.3 is 0 Å². The number of fused-ring (bicyclic) bond motifs is 1. The number of halogens is 2. The lowest BCUT2D eigenvalue weighted by Gasteiger charge is -2.15. The van der Waals surface area contributed by atoms with E-state index in [1.165, 1.54) is 6.07 Å². The van der Waals surface area contributed by atoms with Crippen molar-refractivity contribution in [1.29, 1.82) is 0 Å². The molecule has 1 saturated heterocycles. The second-order valence-electron chi connectivity index (χ2n) is 4.85. The van der Waals surface area contributed by atoms with Gasteiger partial charge in [0.2, 0.25) is 0 Å². The Morgan fingerprint density at radius 2 is 1.91 bits per heavy atom. The Labute approximate surface area is 127 Å². The van der Waals surface area contributed by atoms with E-state index in [9.17, 15) is 19.0 Å². The number of aliphatic hydroxyl groups is 3. The number of pyridine rings is 1. The molecular weight excluding hydrogens is 320 g/mol. The first-order valence-corrected chi connectivity index (χ1v) is 6.71. The van der Waals surface area contributed by atoms with Crippen LogP contribution in [-0.2, 0) is 4.74 Å². The molecule has 0 aromatic carbocycles. The van der Waals surface area contributed by atoms with Crippen LogP contribution in [0.3, 0.4) is 0 Å². The summed E-state index contributed by atoms with van der Waals surface area (Å²) in [7, 11) is 0. The van der Waals surface area contributed by atoms with Gasteiger partial charge < -0.3 is 25.0 Å². The predicted octanol–water partition coefficient (Wildman–Crippen LogP) is 0.120. The molecule has 118 valence electrons. The van der Waals surface area contributed by atoms with Crippen molar-refractivity contribution in [3.8, 4) is 0 Å². The molecule has 4 N–H and O–H groups in total. The molecule has 2 aromatic rings. The molecule has 7 nitrogen and oxygen atoms in total. The van der Waals surface area contributed by atoms with Gasteiger partial charge in [0.05, 0.1) is 6.61 Å². The fourth-order valence-corrected chi connectivity index (χ4v) is 2.63. The van der Waals surface area contributed by atoms with Crippen LogP contribution < -0.4 is 0 Å². The lowest BCUT2D eigenvalue weighted by molar-refractivity contribution is -0.0229. The highest BCUT2D eigenvalue weighted by Crippen LogP contribution is 2.34. The van der Waals surface area contributed by atoms with Crippen molar-refractivity contribution in [2.24, 2.45) is 0 Å². The van der Waals surface area contributed by atoms with Crippen molar-refractivity contribution in [2.45, 2.75) is 24.4 Å². The molecule has 0 radical (unpaired) electrons. The Bertz CT molecular complexity index is 787. The van der Waals surface area contributed by atoms with Crippen LogP contribution in [0.5, 0.6) is 0 Å². The molecule has 3 heterocycles. The zero-order valence-corrected chi connectivity index (χ0v) is 11.7. The molecule has 0 spiro atoms. The largest absolute Gasteiger partial charge is 0.394 e. The van der Waals surface area contributed by atoms with E-state index in [0.29, 0.717) is 0 Å². The molecule has 2 aromatic heterocycles. The Balaban J connectivity index is 2.10. The summed E-state index contributed by atoms with van der Waals surface area (Å²) in [5.41, 5.74) is 0.157. The van der Waals surface area contributed by atoms with Crippen LogP contribution in [0.4, 0.5) is 8.78 Å². The number of hydrogen-bond acceptors (Lipinski definition) is 7. The quantitative estimate of drug-likeness (QED) is 0.578. The van der Waals surface area contributed by atoms with Crippen molar-refractivity contribution in [3.63, 3.8) is 0 Å². The summed E-state index contributed by atoms with van der Waals surface area (Å²) >= 11 is 5.08. The van der Waals surface area contributed by atoms with Crippen LogP contribution in [0.1, 0.15) is 11.7 Å². The minimum Gasteiger partial charge on any atom is -0.394 e. The molecule has 1 aliphatic heterocycles. The highest BCUT2D eigenvalue weighted by Gasteiger charge is 2.43. The van der Waals surface area contributed by atoms with Crippen molar-refractivity contribution < 1.29 is 28.8 Å². The molecular formula is C12H11F2N3O4S. The number of aromatic amines is 1.